The van der Waals surface area contributed by atoms with Crippen molar-refractivity contribution in [1.82, 2.24) is 10.2 Å². The number of ether oxygens (including phenoxy) is 1. The van der Waals surface area contributed by atoms with E-state index < -0.39 is 24.0 Å². The van der Waals surface area contributed by atoms with Gasteiger partial charge >= 0.3 is 5.97 Å². The van der Waals surface area contributed by atoms with Gasteiger partial charge in [0.25, 0.3) is 0 Å². The van der Waals surface area contributed by atoms with E-state index in [1.807, 2.05) is 0 Å². The maximum atomic E-state index is 12.5. The summed E-state index contributed by atoms with van der Waals surface area (Å²) in [6.45, 7) is 1.72. The zero-order valence-corrected chi connectivity index (χ0v) is 15.4. The number of methoxy groups -OCH3 is 1. The molecule has 1 fully saturated rings. The minimum atomic E-state index is -1.26. The average Bonchev–Trinajstić information content (AvgIpc) is 3.08. The Morgan fingerprint density at radius 3 is 2.76 bits per heavy atom. The first-order valence-corrected chi connectivity index (χ1v) is 9.16. The molecule has 2 rings (SSSR count). The molecule has 136 valence electrons. The average molecular weight is 387 g/mol. The molecular weight excluding hydrogens is 368 g/mol. The topological polar surface area (TPSA) is 95.9 Å². The predicted molar refractivity (Wildman–Crippen MR) is 94.8 cm³/mol. The number of carboxylic acid groups (broad SMARTS) is 1. The van der Waals surface area contributed by atoms with Crippen molar-refractivity contribution in [1.29, 1.82) is 0 Å². The number of benzene rings is 1. The summed E-state index contributed by atoms with van der Waals surface area (Å²) < 4.78 is 5.04. The number of amides is 2. The molecule has 0 saturated carbocycles. The Kier molecular flexibility index (Phi) is 6.55. The molecule has 9 heteroatoms. The number of thioether (sulfide) groups is 1. The Balaban J connectivity index is 2.19. The number of carbonyl (C=O) groups is 3. The van der Waals surface area contributed by atoms with Gasteiger partial charge in [0, 0.05) is 12.2 Å². The molecule has 2 unspecified atom stereocenters. The Morgan fingerprint density at radius 2 is 2.20 bits per heavy atom. The summed E-state index contributed by atoms with van der Waals surface area (Å²) in [5, 5.41) is 12.2. The molecule has 0 aromatic heterocycles. The van der Waals surface area contributed by atoms with Crippen molar-refractivity contribution in [2.45, 2.75) is 25.4 Å². The second-order valence-electron chi connectivity index (χ2n) is 5.41. The van der Waals surface area contributed by atoms with Crippen LogP contribution in [-0.4, -0.2) is 52.6 Å². The fraction of sp³-hybridized carbons (Fsp3) is 0.438. The molecule has 7 nitrogen and oxygen atoms in total. The highest BCUT2D eigenvalue weighted by Crippen LogP contribution is 2.28. The van der Waals surface area contributed by atoms with Gasteiger partial charge in [0.2, 0.25) is 11.8 Å². The number of hydrogen-bond donors (Lipinski definition) is 2. The van der Waals surface area contributed by atoms with Crippen molar-refractivity contribution in [3.05, 3.63) is 28.8 Å². The SMILES string of the molecule is CCC(=O)N1CSCC1C(=O)NC(C(=O)O)c1ccc(OC)c(Cl)c1. The highest BCUT2D eigenvalue weighted by atomic mass is 35.5. The number of hydrogen-bond acceptors (Lipinski definition) is 5. The molecule has 2 amide bonds. The Bertz CT molecular complexity index is 684. The summed E-state index contributed by atoms with van der Waals surface area (Å²) in [5.74, 6) is -0.568. The van der Waals surface area contributed by atoms with Crippen molar-refractivity contribution in [3.8, 4) is 5.75 Å². The summed E-state index contributed by atoms with van der Waals surface area (Å²) in [7, 11) is 1.45. The van der Waals surface area contributed by atoms with E-state index in [1.165, 1.54) is 42.0 Å². The molecule has 1 aliphatic heterocycles. The van der Waals surface area contributed by atoms with Crippen LogP contribution in [0.15, 0.2) is 18.2 Å². The highest BCUT2D eigenvalue weighted by molar-refractivity contribution is 7.99. The lowest BCUT2D eigenvalue weighted by Crippen LogP contribution is -2.49. The zero-order chi connectivity index (χ0) is 18.6. The molecule has 0 bridgehead atoms. The Labute approximate surface area is 154 Å². The second-order valence-corrected chi connectivity index (χ2v) is 6.81. The van der Waals surface area contributed by atoms with Crippen molar-refractivity contribution in [2.24, 2.45) is 0 Å². The second kappa shape index (κ2) is 8.44. The lowest BCUT2D eigenvalue weighted by molar-refractivity contribution is -0.143. The molecule has 1 saturated heterocycles. The molecule has 2 atom stereocenters. The predicted octanol–water partition coefficient (Wildman–Crippen LogP) is 1.90. The van der Waals surface area contributed by atoms with Crippen molar-refractivity contribution >= 4 is 41.1 Å². The van der Waals surface area contributed by atoms with Gasteiger partial charge in [-0.1, -0.05) is 24.6 Å². The van der Waals surface area contributed by atoms with Gasteiger partial charge < -0.3 is 20.1 Å². The van der Waals surface area contributed by atoms with Crippen molar-refractivity contribution < 1.29 is 24.2 Å². The van der Waals surface area contributed by atoms with Crippen LogP contribution in [-0.2, 0) is 14.4 Å². The van der Waals surface area contributed by atoms with Crippen molar-refractivity contribution in [3.63, 3.8) is 0 Å². The third-order valence-corrected chi connectivity index (χ3v) is 5.16. The van der Waals surface area contributed by atoms with E-state index in [9.17, 15) is 19.5 Å². The van der Waals surface area contributed by atoms with Crippen LogP contribution < -0.4 is 10.1 Å². The Morgan fingerprint density at radius 1 is 1.48 bits per heavy atom. The Hall–Kier alpha value is -1.93. The van der Waals surface area contributed by atoms with Gasteiger partial charge in [-0.2, -0.15) is 0 Å². The molecule has 2 N–H and O–H groups in total. The molecule has 1 aromatic carbocycles. The van der Waals surface area contributed by atoms with Gasteiger partial charge in [-0.25, -0.2) is 4.79 Å². The summed E-state index contributed by atoms with van der Waals surface area (Å²) in [6.07, 6.45) is 0.292. The number of aliphatic carboxylic acids is 1. The monoisotopic (exact) mass is 386 g/mol. The largest absolute Gasteiger partial charge is 0.495 e. The summed E-state index contributed by atoms with van der Waals surface area (Å²) in [4.78, 5) is 37.5. The van der Waals surface area contributed by atoms with Gasteiger partial charge in [-0.3, -0.25) is 9.59 Å². The van der Waals surface area contributed by atoms with E-state index in [4.69, 9.17) is 16.3 Å². The number of carboxylic acids is 1. The van der Waals surface area contributed by atoms with Crippen LogP contribution in [0.3, 0.4) is 0 Å². The van der Waals surface area contributed by atoms with Crippen LogP contribution in [0.5, 0.6) is 5.75 Å². The molecular formula is C16H19ClN2O5S. The molecule has 0 radical (unpaired) electrons. The summed E-state index contributed by atoms with van der Waals surface area (Å²) in [5.41, 5.74) is 0.325. The van der Waals surface area contributed by atoms with Gasteiger partial charge in [0.1, 0.15) is 11.8 Å². The van der Waals surface area contributed by atoms with Crippen LogP contribution >= 0.6 is 23.4 Å². The molecule has 0 aliphatic carbocycles. The number of rotatable bonds is 6. The van der Waals surface area contributed by atoms with E-state index in [0.717, 1.165) is 0 Å². The van der Waals surface area contributed by atoms with Gasteiger partial charge in [0.05, 0.1) is 18.0 Å². The van der Waals surface area contributed by atoms with E-state index in [2.05, 4.69) is 5.32 Å². The maximum Gasteiger partial charge on any atom is 0.330 e. The number of nitrogens with one attached hydrogen (secondary N) is 1. The zero-order valence-electron chi connectivity index (χ0n) is 13.8. The molecule has 25 heavy (non-hydrogen) atoms. The minimum Gasteiger partial charge on any atom is -0.495 e. The summed E-state index contributed by atoms with van der Waals surface area (Å²) >= 11 is 7.50. The third kappa shape index (κ3) is 4.38. The highest BCUT2D eigenvalue weighted by Gasteiger charge is 2.36. The van der Waals surface area contributed by atoms with E-state index in [1.54, 1.807) is 6.92 Å². The van der Waals surface area contributed by atoms with E-state index >= 15 is 0 Å². The molecule has 0 spiro atoms. The first-order valence-electron chi connectivity index (χ1n) is 7.62. The number of nitrogens with zero attached hydrogens (tertiary/aromatic N) is 1. The van der Waals surface area contributed by atoms with Gasteiger partial charge in [-0.05, 0) is 17.7 Å². The maximum absolute atomic E-state index is 12.5. The first-order chi connectivity index (χ1) is 11.9. The van der Waals surface area contributed by atoms with Crippen LogP contribution in [0.1, 0.15) is 24.9 Å². The molecule has 1 heterocycles. The lowest BCUT2D eigenvalue weighted by Gasteiger charge is -2.24. The van der Waals surface area contributed by atoms with Gasteiger partial charge in [0.15, 0.2) is 6.04 Å². The van der Waals surface area contributed by atoms with E-state index in [-0.39, 0.29) is 10.9 Å². The van der Waals surface area contributed by atoms with E-state index in [0.29, 0.717) is 29.4 Å². The van der Waals surface area contributed by atoms with Crippen LogP contribution in [0.2, 0.25) is 5.02 Å². The quantitative estimate of drug-likeness (QED) is 0.775. The lowest BCUT2D eigenvalue weighted by atomic mass is 10.1. The smallest absolute Gasteiger partial charge is 0.330 e. The van der Waals surface area contributed by atoms with Gasteiger partial charge in [-0.15, -0.1) is 11.8 Å². The molecule has 1 aliphatic rings. The normalized spacial score (nSPS) is 17.9. The fourth-order valence-electron chi connectivity index (χ4n) is 2.50. The minimum absolute atomic E-state index is 0.135. The van der Waals surface area contributed by atoms with Crippen LogP contribution in [0.4, 0.5) is 0 Å². The van der Waals surface area contributed by atoms with Crippen LogP contribution in [0, 0.1) is 0 Å². The number of halogens is 1. The molecule has 1 aromatic rings. The first kappa shape index (κ1) is 19.4. The van der Waals surface area contributed by atoms with Crippen LogP contribution in [0.25, 0.3) is 0 Å². The standard InChI is InChI=1S/C16H19ClN2O5S/c1-3-13(20)19-8-25-7-11(19)15(21)18-14(16(22)23)9-4-5-12(24-2)10(17)6-9/h4-6,11,14H,3,7-8H2,1-2H3,(H,18,21)(H,22,23). The number of carbonyl (C=O) groups excluding carboxylic acids is 2. The fourth-order valence-corrected chi connectivity index (χ4v) is 3.94. The third-order valence-electron chi connectivity index (χ3n) is 3.85. The van der Waals surface area contributed by atoms with Crippen molar-refractivity contribution in [2.75, 3.05) is 18.7 Å². The summed E-state index contributed by atoms with van der Waals surface area (Å²) in [6, 6.07) is 2.58.